The van der Waals surface area contributed by atoms with E-state index in [-0.39, 0.29) is 36.9 Å². The van der Waals surface area contributed by atoms with Crippen LogP contribution in [0, 0.1) is 5.92 Å². The minimum atomic E-state index is -3.57. The second-order valence-corrected chi connectivity index (χ2v) is 10.9. The van der Waals surface area contributed by atoms with Crippen LogP contribution < -0.4 is 0 Å². The van der Waals surface area contributed by atoms with Gasteiger partial charge in [0, 0.05) is 38.6 Å². The number of carbonyl (C=O) groups is 2. The van der Waals surface area contributed by atoms with Crippen LogP contribution in [-0.4, -0.2) is 73.1 Å². The van der Waals surface area contributed by atoms with Gasteiger partial charge in [-0.25, -0.2) is 8.42 Å². The largest absolute Gasteiger partial charge is 0.338 e. The van der Waals surface area contributed by atoms with Crippen LogP contribution in [-0.2, 0) is 19.6 Å². The van der Waals surface area contributed by atoms with Crippen LogP contribution >= 0.6 is 0 Å². The molecule has 2 saturated heterocycles. The van der Waals surface area contributed by atoms with Crippen molar-refractivity contribution in [3.05, 3.63) is 29.8 Å². The van der Waals surface area contributed by atoms with Crippen LogP contribution in [0.15, 0.2) is 29.2 Å². The van der Waals surface area contributed by atoms with Crippen molar-refractivity contribution in [1.29, 1.82) is 0 Å². The minimum Gasteiger partial charge on any atom is -0.338 e. The highest BCUT2D eigenvalue weighted by atomic mass is 32.2. The van der Waals surface area contributed by atoms with Crippen molar-refractivity contribution in [3.8, 4) is 0 Å². The fourth-order valence-corrected chi connectivity index (χ4v) is 5.81. The van der Waals surface area contributed by atoms with E-state index in [2.05, 4.69) is 13.8 Å². The van der Waals surface area contributed by atoms with E-state index in [1.54, 1.807) is 21.9 Å². The van der Waals surface area contributed by atoms with Gasteiger partial charge in [-0.3, -0.25) is 9.59 Å². The lowest BCUT2D eigenvalue weighted by atomic mass is 10.0. The Hall–Kier alpha value is -1.93. The van der Waals surface area contributed by atoms with Gasteiger partial charge in [-0.2, -0.15) is 4.31 Å². The van der Waals surface area contributed by atoms with Crippen LogP contribution in [0.2, 0.25) is 0 Å². The number of piperazine rings is 1. The van der Waals surface area contributed by atoms with Crippen molar-refractivity contribution in [3.63, 3.8) is 0 Å². The molecule has 1 unspecified atom stereocenters. The molecule has 3 aliphatic rings. The zero-order chi connectivity index (χ0) is 21.5. The molecule has 1 aromatic carbocycles. The average molecular weight is 434 g/mol. The van der Waals surface area contributed by atoms with E-state index in [4.69, 9.17) is 0 Å². The fraction of sp³-hybridized carbons (Fsp3) is 0.636. The molecule has 1 aliphatic carbocycles. The van der Waals surface area contributed by atoms with Crippen LogP contribution in [0.1, 0.15) is 51.0 Å². The average Bonchev–Trinajstić information content (AvgIpc) is 3.49. The summed E-state index contributed by atoms with van der Waals surface area (Å²) in [4.78, 5) is 29.3. The summed E-state index contributed by atoms with van der Waals surface area (Å²) in [6, 6.07) is 6.69. The van der Waals surface area contributed by atoms with Gasteiger partial charge < -0.3 is 9.80 Å². The minimum absolute atomic E-state index is 0.0279. The number of amides is 2. The maximum Gasteiger partial charge on any atom is 0.245 e. The summed E-state index contributed by atoms with van der Waals surface area (Å²) in [5, 5.41) is 0. The molecule has 4 rings (SSSR count). The molecule has 1 atom stereocenters. The Morgan fingerprint density at radius 1 is 0.900 bits per heavy atom. The Bertz CT molecular complexity index is 901. The van der Waals surface area contributed by atoms with E-state index in [1.165, 1.54) is 4.31 Å². The number of benzene rings is 1. The first-order chi connectivity index (χ1) is 14.3. The number of carbonyl (C=O) groups excluding carboxylic acids is 2. The van der Waals surface area contributed by atoms with Gasteiger partial charge in [0.2, 0.25) is 21.8 Å². The van der Waals surface area contributed by atoms with Crippen LogP contribution in [0.3, 0.4) is 0 Å². The molecular weight excluding hydrogens is 402 g/mol. The predicted molar refractivity (Wildman–Crippen MR) is 113 cm³/mol. The van der Waals surface area contributed by atoms with Crippen LogP contribution in [0.4, 0.5) is 0 Å². The Balaban J connectivity index is 1.38. The van der Waals surface area contributed by atoms with Crippen molar-refractivity contribution in [2.45, 2.75) is 56.4 Å². The summed E-state index contributed by atoms with van der Waals surface area (Å²) < 4.78 is 27.4. The number of nitrogens with zero attached hydrogens (tertiary/aromatic N) is 3. The normalized spacial score (nSPS) is 23.2. The molecule has 2 aliphatic heterocycles. The second-order valence-electron chi connectivity index (χ2n) is 8.92. The molecule has 1 saturated carbocycles. The van der Waals surface area contributed by atoms with Crippen LogP contribution in [0.25, 0.3) is 0 Å². The number of sulfonamides is 1. The molecule has 0 spiro atoms. The molecule has 2 heterocycles. The molecule has 0 N–H and O–H groups in total. The number of likely N-dealkylation sites (tertiary alicyclic amines) is 1. The highest BCUT2D eigenvalue weighted by molar-refractivity contribution is 7.89. The van der Waals surface area contributed by atoms with Gasteiger partial charge in [0.25, 0.3) is 0 Å². The summed E-state index contributed by atoms with van der Waals surface area (Å²) in [7, 11) is -3.57. The summed E-state index contributed by atoms with van der Waals surface area (Å²) in [6.45, 7) is 6.10. The van der Waals surface area contributed by atoms with Gasteiger partial charge in [0.1, 0.15) is 6.04 Å². The second kappa shape index (κ2) is 8.30. The summed E-state index contributed by atoms with van der Waals surface area (Å²) in [6.07, 6.45) is 3.43. The molecule has 30 heavy (non-hydrogen) atoms. The smallest absolute Gasteiger partial charge is 0.245 e. The third-order valence-corrected chi connectivity index (χ3v) is 8.40. The maximum atomic E-state index is 13.0. The van der Waals surface area contributed by atoms with Gasteiger partial charge in [-0.05, 0) is 49.3 Å². The molecule has 1 aromatic rings. The Labute approximate surface area is 179 Å². The molecule has 0 aromatic heterocycles. The SMILES string of the molecule is CC(C)c1ccc(S(=O)(=O)N2CCN(C(=O)C3CCCN3C(=O)C3CC3)CC2)cc1. The van der Waals surface area contributed by atoms with E-state index < -0.39 is 10.0 Å². The molecule has 3 fully saturated rings. The number of hydrogen-bond acceptors (Lipinski definition) is 4. The highest BCUT2D eigenvalue weighted by Crippen LogP contribution is 2.34. The van der Waals surface area contributed by atoms with E-state index in [9.17, 15) is 18.0 Å². The van der Waals surface area contributed by atoms with Crippen LogP contribution in [0.5, 0.6) is 0 Å². The van der Waals surface area contributed by atoms with Crippen molar-refractivity contribution < 1.29 is 18.0 Å². The lowest BCUT2D eigenvalue weighted by molar-refractivity contribution is -0.145. The lowest BCUT2D eigenvalue weighted by Crippen LogP contribution is -2.55. The van der Waals surface area contributed by atoms with Crippen molar-refractivity contribution in [2.75, 3.05) is 32.7 Å². The van der Waals surface area contributed by atoms with Crippen molar-refractivity contribution >= 4 is 21.8 Å². The third kappa shape index (κ3) is 4.12. The summed E-state index contributed by atoms with van der Waals surface area (Å²) in [5.74, 6) is 0.553. The van der Waals surface area contributed by atoms with E-state index in [0.717, 1.165) is 24.8 Å². The van der Waals surface area contributed by atoms with Gasteiger partial charge in [0.15, 0.2) is 0 Å². The molecule has 0 bridgehead atoms. The first-order valence-electron chi connectivity index (χ1n) is 11.0. The molecule has 2 amide bonds. The van der Waals surface area contributed by atoms with Gasteiger partial charge in [-0.1, -0.05) is 26.0 Å². The van der Waals surface area contributed by atoms with Gasteiger partial charge >= 0.3 is 0 Å². The molecule has 164 valence electrons. The third-order valence-electron chi connectivity index (χ3n) is 6.48. The van der Waals surface area contributed by atoms with E-state index >= 15 is 0 Å². The maximum absolute atomic E-state index is 13.0. The highest BCUT2D eigenvalue weighted by Gasteiger charge is 2.42. The Morgan fingerprint density at radius 3 is 2.10 bits per heavy atom. The lowest BCUT2D eigenvalue weighted by Gasteiger charge is -2.36. The van der Waals surface area contributed by atoms with Gasteiger partial charge in [0.05, 0.1) is 4.90 Å². The molecule has 7 nitrogen and oxygen atoms in total. The zero-order valence-electron chi connectivity index (χ0n) is 17.8. The zero-order valence-corrected chi connectivity index (χ0v) is 18.6. The number of rotatable bonds is 5. The summed E-state index contributed by atoms with van der Waals surface area (Å²) >= 11 is 0. The topological polar surface area (TPSA) is 78.0 Å². The standard InChI is InChI=1S/C22H31N3O4S/c1-16(2)17-7-9-19(10-8-17)30(28,29)24-14-12-23(13-15-24)22(27)20-4-3-11-25(20)21(26)18-5-6-18/h7-10,16,18,20H,3-6,11-15H2,1-2H3. The molecule has 8 heteroatoms. The molecular formula is C22H31N3O4S. The quantitative estimate of drug-likeness (QED) is 0.712. The predicted octanol–water partition coefficient (Wildman–Crippen LogP) is 2.04. The van der Waals surface area contributed by atoms with E-state index in [0.29, 0.717) is 36.9 Å². The Morgan fingerprint density at radius 2 is 1.53 bits per heavy atom. The van der Waals surface area contributed by atoms with Crippen molar-refractivity contribution in [1.82, 2.24) is 14.1 Å². The fourth-order valence-electron chi connectivity index (χ4n) is 4.39. The molecule has 0 radical (unpaired) electrons. The first kappa shape index (κ1) is 21.3. The first-order valence-corrected chi connectivity index (χ1v) is 12.4. The van der Waals surface area contributed by atoms with Gasteiger partial charge in [-0.15, -0.1) is 0 Å². The van der Waals surface area contributed by atoms with E-state index in [1.807, 2.05) is 12.1 Å². The monoisotopic (exact) mass is 433 g/mol. The Kier molecular flexibility index (Phi) is 5.90. The number of hydrogen-bond donors (Lipinski definition) is 0. The summed E-state index contributed by atoms with van der Waals surface area (Å²) in [5.41, 5.74) is 1.10. The van der Waals surface area contributed by atoms with Crippen molar-refractivity contribution in [2.24, 2.45) is 5.92 Å².